The first-order chi connectivity index (χ1) is 8.77. The molecule has 1 aromatic rings. The zero-order valence-electron chi connectivity index (χ0n) is 11.2. The lowest BCUT2D eigenvalue weighted by Gasteiger charge is -2.23. The summed E-state index contributed by atoms with van der Waals surface area (Å²) in [7, 11) is 0. The molecule has 98 valence electrons. The van der Waals surface area contributed by atoms with Gasteiger partial charge in [0.2, 0.25) is 5.91 Å². The van der Waals surface area contributed by atoms with Crippen LogP contribution in [-0.4, -0.2) is 17.0 Å². The van der Waals surface area contributed by atoms with Gasteiger partial charge in [0.05, 0.1) is 0 Å². The van der Waals surface area contributed by atoms with Gasteiger partial charge < -0.3 is 5.32 Å². The highest BCUT2D eigenvalue weighted by molar-refractivity contribution is 5.83. The maximum absolute atomic E-state index is 12.6. The largest absolute Gasteiger partial charge is 0.312 e. The number of fused-ring (bicyclic) bond motifs is 1. The summed E-state index contributed by atoms with van der Waals surface area (Å²) >= 11 is 0. The lowest BCUT2D eigenvalue weighted by Crippen LogP contribution is -2.29. The van der Waals surface area contributed by atoms with Crippen LogP contribution in [0.25, 0.3) is 0 Å². The Morgan fingerprint density at radius 2 is 2.11 bits per heavy atom. The predicted octanol–water partition coefficient (Wildman–Crippen LogP) is 2.66. The fourth-order valence-electron chi connectivity index (χ4n) is 3.40. The molecule has 3 heteroatoms. The van der Waals surface area contributed by atoms with Gasteiger partial charge in [-0.2, -0.15) is 0 Å². The van der Waals surface area contributed by atoms with E-state index in [9.17, 15) is 4.79 Å². The van der Waals surface area contributed by atoms with E-state index in [1.54, 1.807) is 0 Å². The number of carbonyl (C=O) groups is 1. The fourth-order valence-corrected chi connectivity index (χ4v) is 3.40. The van der Waals surface area contributed by atoms with Gasteiger partial charge >= 0.3 is 0 Å². The standard InChI is InChI=1S/C15H22N2O/c1-11-10-17(14-7-8-16-9-13(11)14)15(18)12-5-3-2-4-6-12/h10,12,16H,2-9H2,1H3. The van der Waals surface area contributed by atoms with Crippen LogP contribution in [0.1, 0.15) is 53.7 Å². The highest BCUT2D eigenvalue weighted by Gasteiger charge is 2.26. The molecule has 0 amide bonds. The molecule has 0 atom stereocenters. The Morgan fingerprint density at radius 3 is 2.89 bits per heavy atom. The minimum Gasteiger partial charge on any atom is -0.312 e. The first kappa shape index (κ1) is 12.0. The summed E-state index contributed by atoms with van der Waals surface area (Å²) in [5, 5.41) is 3.39. The van der Waals surface area contributed by atoms with Crippen molar-refractivity contribution in [2.24, 2.45) is 5.92 Å². The summed E-state index contributed by atoms with van der Waals surface area (Å²) in [5.41, 5.74) is 3.88. The third kappa shape index (κ3) is 2.01. The van der Waals surface area contributed by atoms with Gasteiger partial charge in [-0.15, -0.1) is 0 Å². The zero-order chi connectivity index (χ0) is 12.5. The van der Waals surface area contributed by atoms with Gasteiger partial charge in [0.15, 0.2) is 0 Å². The third-order valence-corrected chi connectivity index (χ3v) is 4.47. The summed E-state index contributed by atoms with van der Waals surface area (Å²) in [5.74, 6) is 0.616. The average Bonchev–Trinajstić information content (AvgIpc) is 2.77. The van der Waals surface area contributed by atoms with Gasteiger partial charge in [-0.25, -0.2) is 0 Å². The number of aryl methyl sites for hydroxylation is 1. The molecule has 1 aromatic heterocycles. The smallest absolute Gasteiger partial charge is 0.233 e. The Hall–Kier alpha value is -1.09. The number of nitrogens with zero attached hydrogens (tertiary/aromatic N) is 1. The van der Waals surface area contributed by atoms with Crippen LogP contribution < -0.4 is 5.32 Å². The topological polar surface area (TPSA) is 34.0 Å². The molecule has 3 nitrogen and oxygen atoms in total. The van der Waals surface area contributed by atoms with E-state index in [0.717, 1.165) is 32.4 Å². The van der Waals surface area contributed by atoms with Crippen molar-refractivity contribution in [3.63, 3.8) is 0 Å². The predicted molar refractivity (Wildman–Crippen MR) is 71.8 cm³/mol. The number of aromatic nitrogens is 1. The lowest BCUT2D eigenvalue weighted by molar-refractivity contribution is 0.0798. The number of hydrogen-bond donors (Lipinski definition) is 1. The second-order valence-electron chi connectivity index (χ2n) is 5.71. The summed E-state index contributed by atoms with van der Waals surface area (Å²) in [6.07, 6.45) is 8.97. The Kier molecular flexibility index (Phi) is 3.25. The van der Waals surface area contributed by atoms with Crippen molar-refractivity contribution >= 4 is 5.91 Å². The van der Waals surface area contributed by atoms with Crippen LogP contribution in [-0.2, 0) is 13.0 Å². The van der Waals surface area contributed by atoms with E-state index < -0.39 is 0 Å². The van der Waals surface area contributed by atoms with Crippen molar-refractivity contribution in [3.05, 3.63) is 23.0 Å². The van der Waals surface area contributed by atoms with Gasteiger partial charge in [-0.1, -0.05) is 19.3 Å². The van der Waals surface area contributed by atoms with Crippen molar-refractivity contribution < 1.29 is 4.79 Å². The molecule has 1 fully saturated rings. The van der Waals surface area contributed by atoms with Crippen molar-refractivity contribution in [2.45, 2.75) is 52.0 Å². The fraction of sp³-hybridized carbons (Fsp3) is 0.667. The number of carbonyl (C=O) groups excluding carboxylic acids is 1. The third-order valence-electron chi connectivity index (χ3n) is 4.47. The molecule has 1 N–H and O–H groups in total. The van der Waals surface area contributed by atoms with Crippen molar-refractivity contribution in [2.75, 3.05) is 6.54 Å². The van der Waals surface area contributed by atoms with Gasteiger partial charge in [0, 0.05) is 37.3 Å². The monoisotopic (exact) mass is 246 g/mol. The molecule has 1 aliphatic carbocycles. The molecular formula is C15H22N2O. The van der Waals surface area contributed by atoms with E-state index in [2.05, 4.69) is 18.4 Å². The quantitative estimate of drug-likeness (QED) is 0.826. The molecule has 2 heterocycles. The Bertz CT molecular complexity index is 455. The van der Waals surface area contributed by atoms with Crippen molar-refractivity contribution in [3.8, 4) is 0 Å². The maximum Gasteiger partial charge on any atom is 0.233 e. The van der Waals surface area contributed by atoms with E-state index in [-0.39, 0.29) is 5.92 Å². The lowest BCUT2D eigenvalue weighted by atomic mass is 9.88. The summed E-state index contributed by atoms with van der Waals surface area (Å²) < 4.78 is 1.97. The molecule has 0 unspecified atom stereocenters. The second kappa shape index (κ2) is 4.88. The minimum absolute atomic E-state index is 0.268. The molecule has 0 radical (unpaired) electrons. The van der Waals surface area contributed by atoms with E-state index >= 15 is 0 Å². The maximum atomic E-state index is 12.6. The van der Waals surface area contributed by atoms with Crippen LogP contribution in [0, 0.1) is 12.8 Å². The number of hydrogen-bond acceptors (Lipinski definition) is 2. The van der Waals surface area contributed by atoms with Crippen LogP contribution in [0.3, 0.4) is 0 Å². The SMILES string of the molecule is Cc1cn(C(=O)C2CCCCC2)c2c1CNCC2. The van der Waals surface area contributed by atoms with E-state index in [1.165, 1.54) is 36.1 Å². The van der Waals surface area contributed by atoms with E-state index in [0.29, 0.717) is 5.91 Å². The van der Waals surface area contributed by atoms with Crippen LogP contribution >= 0.6 is 0 Å². The normalized spacial score (nSPS) is 20.7. The van der Waals surface area contributed by atoms with E-state index in [1.807, 2.05) is 4.57 Å². The van der Waals surface area contributed by atoms with Gasteiger partial charge in [-0.3, -0.25) is 9.36 Å². The highest BCUT2D eigenvalue weighted by atomic mass is 16.2. The Labute approximate surface area is 109 Å². The van der Waals surface area contributed by atoms with E-state index in [4.69, 9.17) is 0 Å². The van der Waals surface area contributed by atoms with Gasteiger partial charge in [-0.05, 0) is 30.9 Å². The van der Waals surface area contributed by atoms with Crippen LogP contribution in [0.15, 0.2) is 6.20 Å². The van der Waals surface area contributed by atoms with Crippen molar-refractivity contribution in [1.29, 1.82) is 0 Å². The van der Waals surface area contributed by atoms with Crippen molar-refractivity contribution in [1.82, 2.24) is 9.88 Å². The molecule has 3 rings (SSSR count). The Balaban J connectivity index is 1.89. The Morgan fingerprint density at radius 1 is 1.33 bits per heavy atom. The van der Waals surface area contributed by atoms with Crippen LogP contribution in [0.4, 0.5) is 0 Å². The van der Waals surface area contributed by atoms with Crippen LogP contribution in [0.2, 0.25) is 0 Å². The second-order valence-corrected chi connectivity index (χ2v) is 5.71. The molecule has 2 aliphatic rings. The molecule has 0 aromatic carbocycles. The molecule has 18 heavy (non-hydrogen) atoms. The zero-order valence-corrected chi connectivity index (χ0v) is 11.2. The molecular weight excluding hydrogens is 224 g/mol. The first-order valence-corrected chi connectivity index (χ1v) is 7.22. The summed E-state index contributed by atoms with van der Waals surface area (Å²) in [4.78, 5) is 12.6. The molecule has 0 spiro atoms. The average molecular weight is 246 g/mol. The number of nitrogens with one attached hydrogen (secondary N) is 1. The molecule has 1 saturated carbocycles. The first-order valence-electron chi connectivity index (χ1n) is 7.22. The molecule has 0 bridgehead atoms. The summed E-state index contributed by atoms with van der Waals surface area (Å²) in [6.45, 7) is 4.04. The minimum atomic E-state index is 0.268. The highest BCUT2D eigenvalue weighted by Crippen LogP contribution is 2.28. The molecule has 0 saturated heterocycles. The summed E-state index contributed by atoms with van der Waals surface area (Å²) in [6, 6.07) is 0. The van der Waals surface area contributed by atoms with Gasteiger partial charge in [0.1, 0.15) is 0 Å². The molecule has 1 aliphatic heterocycles. The van der Waals surface area contributed by atoms with Gasteiger partial charge in [0.25, 0.3) is 0 Å². The number of rotatable bonds is 1. The van der Waals surface area contributed by atoms with Crippen LogP contribution in [0.5, 0.6) is 0 Å².